The quantitative estimate of drug-likeness (QED) is 0.902. The Morgan fingerprint density at radius 3 is 2.94 bits per heavy atom. The smallest absolute Gasteiger partial charge is 0.344 e. The van der Waals surface area contributed by atoms with Crippen molar-refractivity contribution in [1.29, 1.82) is 0 Å². The van der Waals surface area contributed by atoms with E-state index < -0.39 is 12.1 Å². The van der Waals surface area contributed by atoms with Crippen LogP contribution in [0.3, 0.4) is 0 Å². The summed E-state index contributed by atoms with van der Waals surface area (Å²) < 4.78 is 6.23. The van der Waals surface area contributed by atoms with Crippen LogP contribution in [0.1, 0.15) is 6.92 Å². The molecule has 18 heavy (non-hydrogen) atoms. The van der Waals surface area contributed by atoms with Gasteiger partial charge < -0.3 is 9.84 Å². The number of carboxylic acid groups (broad SMARTS) is 1. The summed E-state index contributed by atoms with van der Waals surface area (Å²) in [5.41, 5.74) is 1.26. The Morgan fingerprint density at radius 1 is 1.56 bits per heavy atom. The summed E-state index contributed by atoms with van der Waals surface area (Å²) in [4.78, 5) is 10.8. The van der Waals surface area contributed by atoms with Crippen LogP contribution < -0.4 is 4.74 Å². The summed E-state index contributed by atoms with van der Waals surface area (Å²) in [6.07, 6.45) is 0.608. The van der Waals surface area contributed by atoms with Crippen LogP contribution in [0.4, 0.5) is 0 Å². The van der Waals surface area contributed by atoms with Crippen molar-refractivity contribution < 1.29 is 14.6 Å². The highest BCUT2D eigenvalue weighted by molar-refractivity contribution is 9.10. The Hall–Kier alpha value is -1.89. The Balaban J connectivity index is 2.38. The number of nitrogens with zero attached hydrogens (tertiary/aromatic N) is 2. The molecule has 0 fully saturated rings. The minimum absolute atomic E-state index is 0.446. The van der Waals surface area contributed by atoms with Gasteiger partial charge in [-0.15, -0.1) is 0 Å². The zero-order chi connectivity index (χ0) is 13.1. The minimum Gasteiger partial charge on any atom is -0.479 e. The van der Waals surface area contributed by atoms with Gasteiger partial charge in [0, 0.05) is 10.0 Å². The van der Waals surface area contributed by atoms with E-state index in [-0.39, 0.29) is 0 Å². The van der Waals surface area contributed by atoms with E-state index in [2.05, 4.69) is 31.3 Å². The summed E-state index contributed by atoms with van der Waals surface area (Å²) in [5.74, 6) is -0.578. The normalized spacial score (nSPS) is 12.1. The van der Waals surface area contributed by atoms with Gasteiger partial charge in [0.05, 0.1) is 6.20 Å². The fourth-order valence-electron chi connectivity index (χ4n) is 1.38. The number of halogens is 1. The lowest BCUT2D eigenvalue weighted by Crippen LogP contribution is -2.23. The first-order valence-corrected chi connectivity index (χ1v) is 5.92. The monoisotopic (exact) mass is 311 g/mol. The molecule has 6 nitrogen and oxygen atoms in total. The van der Waals surface area contributed by atoms with Crippen LogP contribution in [-0.4, -0.2) is 32.6 Å². The van der Waals surface area contributed by atoms with Gasteiger partial charge in [-0.2, -0.15) is 15.4 Å². The maximum absolute atomic E-state index is 10.8. The number of carboxylic acids is 1. The molecule has 94 valence electrons. The predicted octanol–water partition coefficient (Wildman–Crippen LogP) is 2.09. The molecular weight excluding hydrogens is 302 g/mol. The van der Waals surface area contributed by atoms with Gasteiger partial charge in [0.15, 0.2) is 6.10 Å². The highest BCUT2D eigenvalue weighted by Crippen LogP contribution is 2.31. The largest absolute Gasteiger partial charge is 0.479 e. The van der Waals surface area contributed by atoms with Gasteiger partial charge in [0.1, 0.15) is 11.4 Å². The third-order valence-corrected chi connectivity index (χ3v) is 2.78. The Morgan fingerprint density at radius 2 is 2.33 bits per heavy atom. The standard InChI is InChI=1S/C11H10BrN3O3/c1-6(11(16)17)18-10-3-2-7(12)4-8(10)9-5-13-15-14-9/h2-6H,1H3,(H,16,17)(H,13,14,15)/t6-/m0/s1. The van der Waals surface area contributed by atoms with E-state index in [0.717, 1.165) is 4.47 Å². The van der Waals surface area contributed by atoms with Crippen LogP contribution in [0.25, 0.3) is 11.3 Å². The summed E-state index contributed by atoms with van der Waals surface area (Å²) >= 11 is 3.35. The maximum Gasteiger partial charge on any atom is 0.344 e. The molecule has 2 rings (SSSR count). The van der Waals surface area contributed by atoms with Crippen LogP contribution in [0.15, 0.2) is 28.9 Å². The van der Waals surface area contributed by atoms with Crippen molar-refractivity contribution in [2.75, 3.05) is 0 Å². The predicted molar refractivity (Wildman–Crippen MR) is 67.2 cm³/mol. The second-order valence-corrected chi connectivity index (χ2v) is 4.51. The average molecular weight is 312 g/mol. The summed E-state index contributed by atoms with van der Waals surface area (Å²) in [6.45, 7) is 1.47. The third-order valence-electron chi connectivity index (χ3n) is 2.28. The Bertz CT molecular complexity index is 557. The number of hydrogen-bond acceptors (Lipinski definition) is 4. The molecule has 0 aliphatic carbocycles. The first-order valence-electron chi connectivity index (χ1n) is 5.13. The molecule has 1 aromatic carbocycles. The summed E-state index contributed by atoms with van der Waals surface area (Å²) in [5, 5.41) is 19.0. The number of aromatic nitrogens is 3. The zero-order valence-corrected chi connectivity index (χ0v) is 11.0. The van der Waals surface area contributed by atoms with Crippen LogP contribution in [0, 0.1) is 0 Å². The molecule has 2 N–H and O–H groups in total. The van der Waals surface area contributed by atoms with Crippen molar-refractivity contribution in [3.63, 3.8) is 0 Å². The molecule has 2 aromatic rings. The van der Waals surface area contributed by atoms with Gasteiger partial charge >= 0.3 is 5.97 Å². The van der Waals surface area contributed by atoms with E-state index in [0.29, 0.717) is 17.0 Å². The number of rotatable bonds is 4. The SMILES string of the molecule is C[C@H](Oc1ccc(Br)cc1-c1cn[nH]n1)C(=O)O. The molecule has 0 aliphatic heterocycles. The van der Waals surface area contributed by atoms with Gasteiger partial charge in [0.25, 0.3) is 0 Å². The van der Waals surface area contributed by atoms with Gasteiger partial charge in [-0.25, -0.2) is 4.79 Å². The second-order valence-electron chi connectivity index (χ2n) is 3.59. The van der Waals surface area contributed by atoms with Crippen molar-refractivity contribution in [1.82, 2.24) is 15.4 Å². The molecule has 0 saturated heterocycles. The van der Waals surface area contributed by atoms with Crippen LogP contribution >= 0.6 is 15.9 Å². The molecule has 1 heterocycles. The maximum atomic E-state index is 10.8. The molecule has 0 radical (unpaired) electrons. The molecule has 1 aromatic heterocycles. The van der Waals surface area contributed by atoms with E-state index in [9.17, 15) is 4.79 Å². The molecule has 0 bridgehead atoms. The molecule has 0 saturated carbocycles. The minimum atomic E-state index is -1.02. The number of aliphatic carboxylic acids is 1. The van der Waals surface area contributed by atoms with Crippen LogP contribution in [0.2, 0.25) is 0 Å². The Kier molecular flexibility index (Phi) is 3.61. The van der Waals surface area contributed by atoms with Crippen molar-refractivity contribution >= 4 is 21.9 Å². The molecule has 1 atom stereocenters. The second kappa shape index (κ2) is 5.18. The molecular formula is C11H10BrN3O3. The van der Waals surface area contributed by atoms with Crippen molar-refractivity contribution in [3.8, 4) is 17.0 Å². The lowest BCUT2D eigenvalue weighted by molar-refractivity contribution is -0.144. The first-order chi connectivity index (χ1) is 8.58. The number of ether oxygens (including phenoxy) is 1. The van der Waals surface area contributed by atoms with Gasteiger partial charge in [-0.3, -0.25) is 0 Å². The fraction of sp³-hybridized carbons (Fsp3) is 0.182. The number of carbonyl (C=O) groups is 1. The first kappa shape index (κ1) is 12.6. The summed E-state index contributed by atoms with van der Waals surface area (Å²) in [6, 6.07) is 5.25. The van der Waals surface area contributed by atoms with E-state index in [4.69, 9.17) is 9.84 Å². The number of H-pyrrole nitrogens is 1. The molecule has 0 spiro atoms. The van der Waals surface area contributed by atoms with Gasteiger partial charge in [0.2, 0.25) is 0 Å². The zero-order valence-electron chi connectivity index (χ0n) is 9.42. The lowest BCUT2D eigenvalue weighted by atomic mass is 10.1. The molecule has 0 unspecified atom stereocenters. The highest BCUT2D eigenvalue weighted by Gasteiger charge is 2.16. The lowest BCUT2D eigenvalue weighted by Gasteiger charge is -2.13. The number of benzene rings is 1. The highest BCUT2D eigenvalue weighted by atomic mass is 79.9. The van der Waals surface area contributed by atoms with Gasteiger partial charge in [-0.05, 0) is 25.1 Å². The average Bonchev–Trinajstić information content (AvgIpc) is 2.84. The number of hydrogen-bond donors (Lipinski definition) is 2. The van der Waals surface area contributed by atoms with E-state index in [1.54, 1.807) is 24.4 Å². The Labute approximate surface area is 111 Å². The van der Waals surface area contributed by atoms with Crippen molar-refractivity contribution in [2.45, 2.75) is 13.0 Å². The van der Waals surface area contributed by atoms with E-state index in [1.165, 1.54) is 6.92 Å². The van der Waals surface area contributed by atoms with Crippen LogP contribution in [0.5, 0.6) is 5.75 Å². The molecule has 0 amide bonds. The van der Waals surface area contributed by atoms with Gasteiger partial charge in [-0.1, -0.05) is 15.9 Å². The third kappa shape index (κ3) is 2.67. The molecule has 0 aliphatic rings. The fourth-order valence-corrected chi connectivity index (χ4v) is 1.74. The van der Waals surface area contributed by atoms with Crippen molar-refractivity contribution in [3.05, 3.63) is 28.9 Å². The van der Waals surface area contributed by atoms with Crippen LogP contribution in [-0.2, 0) is 4.79 Å². The number of nitrogens with one attached hydrogen (secondary N) is 1. The number of aromatic amines is 1. The van der Waals surface area contributed by atoms with E-state index >= 15 is 0 Å². The topological polar surface area (TPSA) is 88.1 Å². The van der Waals surface area contributed by atoms with E-state index in [1.807, 2.05) is 0 Å². The summed E-state index contributed by atoms with van der Waals surface area (Å²) in [7, 11) is 0. The van der Waals surface area contributed by atoms with Crippen molar-refractivity contribution in [2.24, 2.45) is 0 Å². The molecule has 7 heteroatoms.